The first kappa shape index (κ1) is 11.0. The predicted molar refractivity (Wildman–Crippen MR) is 71.7 cm³/mol. The van der Waals surface area contributed by atoms with Gasteiger partial charge in [0.25, 0.3) is 0 Å². The van der Waals surface area contributed by atoms with Crippen molar-refractivity contribution >= 4 is 23.4 Å². The van der Waals surface area contributed by atoms with Crippen LogP contribution in [0.1, 0.15) is 28.8 Å². The Morgan fingerprint density at radius 3 is 2.82 bits per heavy atom. The van der Waals surface area contributed by atoms with E-state index >= 15 is 0 Å². The molecule has 0 bridgehead atoms. The van der Waals surface area contributed by atoms with Gasteiger partial charge in [-0.1, -0.05) is 0 Å². The zero-order valence-corrected chi connectivity index (χ0v) is 10.5. The Labute approximate surface area is 105 Å². The minimum absolute atomic E-state index is 0.242. The maximum absolute atomic E-state index is 11.3. The molecule has 2 heterocycles. The largest absolute Gasteiger partial charge is 0.384 e. The zero-order chi connectivity index (χ0) is 11.9. The molecular weight excluding hydrogens is 232 g/mol. The normalized spacial score (nSPS) is 20.9. The number of primary amides is 1. The summed E-state index contributed by atoms with van der Waals surface area (Å²) in [6.07, 6.45) is 2.39. The molecule has 3 nitrogen and oxygen atoms in total. The second kappa shape index (κ2) is 3.95. The van der Waals surface area contributed by atoms with E-state index in [1.54, 1.807) is 0 Å². The van der Waals surface area contributed by atoms with Crippen molar-refractivity contribution in [3.63, 3.8) is 0 Å². The van der Waals surface area contributed by atoms with Crippen LogP contribution in [0.15, 0.2) is 18.2 Å². The Morgan fingerprint density at radius 2 is 2.12 bits per heavy atom. The molecule has 0 radical (unpaired) electrons. The van der Waals surface area contributed by atoms with Gasteiger partial charge in [-0.05, 0) is 48.1 Å². The Kier molecular flexibility index (Phi) is 2.54. The Balaban J connectivity index is 2.04. The fourth-order valence-electron chi connectivity index (χ4n) is 2.86. The van der Waals surface area contributed by atoms with Crippen molar-refractivity contribution < 1.29 is 4.79 Å². The molecule has 90 valence electrons. The van der Waals surface area contributed by atoms with Crippen LogP contribution in [0, 0.1) is 0 Å². The van der Waals surface area contributed by atoms with E-state index in [2.05, 4.69) is 5.32 Å². The molecule has 0 saturated carbocycles. The number of fused-ring (bicyclic) bond motifs is 2. The van der Waals surface area contributed by atoms with Crippen molar-refractivity contribution in [1.82, 2.24) is 0 Å². The lowest BCUT2D eigenvalue weighted by molar-refractivity contribution is 0.1000. The second-order valence-corrected chi connectivity index (χ2v) is 6.10. The van der Waals surface area contributed by atoms with Gasteiger partial charge in [0, 0.05) is 23.2 Å². The molecule has 1 fully saturated rings. The molecule has 1 aromatic rings. The average molecular weight is 248 g/mol. The molecule has 2 aliphatic heterocycles. The molecule has 1 amide bonds. The zero-order valence-electron chi connectivity index (χ0n) is 9.66. The van der Waals surface area contributed by atoms with Crippen molar-refractivity contribution in [2.75, 3.05) is 23.4 Å². The average Bonchev–Trinajstić information content (AvgIpc) is 2.69. The Morgan fingerprint density at radius 1 is 1.35 bits per heavy atom. The van der Waals surface area contributed by atoms with Gasteiger partial charge >= 0.3 is 0 Å². The predicted octanol–water partition coefficient (Wildman–Crippen LogP) is 1.98. The summed E-state index contributed by atoms with van der Waals surface area (Å²) >= 11 is 2.02. The van der Waals surface area contributed by atoms with Crippen LogP contribution in [0.2, 0.25) is 0 Å². The number of nitrogens with one attached hydrogen (secondary N) is 1. The van der Waals surface area contributed by atoms with Crippen LogP contribution in [0.5, 0.6) is 0 Å². The van der Waals surface area contributed by atoms with E-state index in [0.29, 0.717) is 5.56 Å². The number of anilines is 1. The molecular formula is C13H16N2OS. The molecule has 3 N–H and O–H groups in total. The number of carbonyl (C=O) groups excluding carboxylic acids is 1. The van der Waals surface area contributed by atoms with Crippen LogP contribution in [0.25, 0.3) is 0 Å². The number of benzene rings is 1. The molecule has 0 unspecified atom stereocenters. The maximum atomic E-state index is 11.3. The number of hydrogen-bond acceptors (Lipinski definition) is 3. The summed E-state index contributed by atoms with van der Waals surface area (Å²) in [5.41, 5.74) is 8.72. The van der Waals surface area contributed by atoms with Gasteiger partial charge in [0.15, 0.2) is 0 Å². The van der Waals surface area contributed by atoms with Crippen LogP contribution >= 0.6 is 11.8 Å². The second-order valence-electron chi connectivity index (χ2n) is 4.87. The fraction of sp³-hybridized carbons (Fsp3) is 0.462. The van der Waals surface area contributed by atoms with Gasteiger partial charge < -0.3 is 11.1 Å². The highest BCUT2D eigenvalue weighted by atomic mass is 32.2. The third kappa shape index (κ3) is 1.71. The van der Waals surface area contributed by atoms with E-state index in [1.165, 1.54) is 35.6 Å². The summed E-state index contributed by atoms with van der Waals surface area (Å²) in [7, 11) is 0. The molecule has 0 atom stereocenters. The third-order valence-electron chi connectivity index (χ3n) is 3.94. The quantitative estimate of drug-likeness (QED) is 0.799. The van der Waals surface area contributed by atoms with Crippen LogP contribution in [-0.4, -0.2) is 24.0 Å². The van der Waals surface area contributed by atoms with Gasteiger partial charge in [-0.15, -0.1) is 0 Å². The van der Waals surface area contributed by atoms with E-state index in [0.717, 1.165) is 6.54 Å². The lowest BCUT2D eigenvalue weighted by Crippen LogP contribution is -2.33. The lowest BCUT2D eigenvalue weighted by atomic mass is 9.77. The SMILES string of the molecule is NC(=O)c1ccc2c(c1)C1(CCSCC1)CN2. The van der Waals surface area contributed by atoms with Gasteiger partial charge in [-0.2, -0.15) is 11.8 Å². The molecule has 1 aromatic carbocycles. The number of nitrogens with two attached hydrogens (primary N) is 1. The highest BCUT2D eigenvalue weighted by Gasteiger charge is 2.40. The van der Waals surface area contributed by atoms with Gasteiger partial charge in [-0.3, -0.25) is 4.79 Å². The summed E-state index contributed by atoms with van der Waals surface area (Å²) in [5.74, 6) is 2.09. The van der Waals surface area contributed by atoms with Crippen molar-refractivity contribution in [2.45, 2.75) is 18.3 Å². The first-order valence-electron chi connectivity index (χ1n) is 5.97. The first-order valence-corrected chi connectivity index (χ1v) is 7.13. The summed E-state index contributed by atoms with van der Waals surface area (Å²) in [6, 6.07) is 5.80. The topological polar surface area (TPSA) is 55.1 Å². The van der Waals surface area contributed by atoms with Crippen molar-refractivity contribution in [1.29, 1.82) is 0 Å². The highest BCUT2D eigenvalue weighted by Crippen LogP contribution is 2.45. The summed E-state index contributed by atoms with van der Waals surface area (Å²) in [4.78, 5) is 11.3. The minimum Gasteiger partial charge on any atom is -0.384 e. The van der Waals surface area contributed by atoms with Crippen molar-refractivity contribution in [3.05, 3.63) is 29.3 Å². The van der Waals surface area contributed by atoms with Gasteiger partial charge in [-0.25, -0.2) is 0 Å². The van der Waals surface area contributed by atoms with Crippen LogP contribution in [0.3, 0.4) is 0 Å². The number of amides is 1. The van der Waals surface area contributed by atoms with Crippen molar-refractivity contribution in [2.24, 2.45) is 5.73 Å². The molecule has 1 saturated heterocycles. The molecule has 2 aliphatic rings. The van der Waals surface area contributed by atoms with Gasteiger partial charge in [0.1, 0.15) is 0 Å². The highest BCUT2D eigenvalue weighted by molar-refractivity contribution is 7.99. The van der Waals surface area contributed by atoms with E-state index < -0.39 is 0 Å². The molecule has 0 aliphatic carbocycles. The van der Waals surface area contributed by atoms with E-state index in [1.807, 2.05) is 30.0 Å². The number of thioether (sulfide) groups is 1. The van der Waals surface area contributed by atoms with Crippen LogP contribution in [0.4, 0.5) is 5.69 Å². The third-order valence-corrected chi connectivity index (χ3v) is 4.93. The molecule has 3 rings (SSSR count). The summed E-state index contributed by atoms with van der Waals surface area (Å²) in [6.45, 7) is 1.01. The molecule has 1 spiro atoms. The van der Waals surface area contributed by atoms with E-state index in [9.17, 15) is 4.79 Å². The number of hydrogen-bond donors (Lipinski definition) is 2. The van der Waals surface area contributed by atoms with Crippen LogP contribution < -0.4 is 11.1 Å². The fourth-order valence-corrected chi connectivity index (χ4v) is 4.13. The maximum Gasteiger partial charge on any atom is 0.248 e. The Hall–Kier alpha value is -1.16. The number of carbonyl (C=O) groups is 1. The monoisotopic (exact) mass is 248 g/mol. The van der Waals surface area contributed by atoms with E-state index in [-0.39, 0.29) is 11.3 Å². The molecule has 4 heteroatoms. The smallest absolute Gasteiger partial charge is 0.248 e. The van der Waals surface area contributed by atoms with Crippen LogP contribution in [-0.2, 0) is 5.41 Å². The standard InChI is InChI=1S/C13H16N2OS/c14-12(16)9-1-2-11-10(7-9)13(8-15-11)3-5-17-6-4-13/h1-2,7,15H,3-6,8H2,(H2,14,16). The van der Waals surface area contributed by atoms with Gasteiger partial charge in [0.2, 0.25) is 5.91 Å². The number of rotatable bonds is 1. The summed E-state index contributed by atoms with van der Waals surface area (Å²) < 4.78 is 0. The molecule has 17 heavy (non-hydrogen) atoms. The molecule has 0 aromatic heterocycles. The lowest BCUT2D eigenvalue weighted by Gasteiger charge is -2.33. The summed E-state index contributed by atoms with van der Waals surface area (Å²) in [5, 5.41) is 3.47. The first-order chi connectivity index (χ1) is 8.21. The van der Waals surface area contributed by atoms with E-state index in [4.69, 9.17) is 5.73 Å². The van der Waals surface area contributed by atoms with Gasteiger partial charge in [0.05, 0.1) is 0 Å². The van der Waals surface area contributed by atoms with Crippen molar-refractivity contribution in [3.8, 4) is 0 Å². The minimum atomic E-state index is -0.333. The Bertz CT molecular complexity index is 461.